The van der Waals surface area contributed by atoms with Crippen molar-refractivity contribution in [1.29, 1.82) is 0 Å². The van der Waals surface area contributed by atoms with E-state index in [1.807, 2.05) is 72.8 Å². The van der Waals surface area contributed by atoms with Gasteiger partial charge in [0.15, 0.2) is 0 Å². The molecule has 2 amide bonds. The highest BCUT2D eigenvalue weighted by atomic mass is 35.5. The van der Waals surface area contributed by atoms with E-state index in [4.69, 9.17) is 11.6 Å². The molecule has 4 nitrogen and oxygen atoms in total. The molecule has 1 saturated carbocycles. The largest absolute Gasteiger partial charge is 0.352 e. The van der Waals surface area contributed by atoms with Crippen molar-refractivity contribution in [3.05, 3.63) is 101 Å². The molecule has 1 atom stereocenters. The molecule has 6 heteroatoms. The van der Waals surface area contributed by atoms with Gasteiger partial charge in [-0.2, -0.15) is 0 Å². The molecule has 3 aromatic rings. The maximum Gasteiger partial charge on any atom is 0.243 e. The first-order valence-corrected chi connectivity index (χ1v) is 14.5. The van der Waals surface area contributed by atoms with E-state index in [1.54, 1.807) is 16.7 Å². The molecule has 1 unspecified atom stereocenters. The molecular formula is C31H35ClN2O2S. The summed E-state index contributed by atoms with van der Waals surface area (Å²) in [5.74, 6) is 0.578. The van der Waals surface area contributed by atoms with E-state index in [0.717, 1.165) is 41.7 Å². The molecule has 1 N–H and O–H groups in total. The number of nitrogens with zero attached hydrogens (tertiary/aromatic N) is 1. The molecule has 37 heavy (non-hydrogen) atoms. The lowest BCUT2D eigenvalue weighted by atomic mass is 9.94. The highest BCUT2D eigenvalue weighted by Gasteiger charge is 2.31. The van der Waals surface area contributed by atoms with Crippen LogP contribution in [-0.2, 0) is 22.6 Å². The summed E-state index contributed by atoms with van der Waals surface area (Å²) in [6.07, 6.45) is 6.34. The minimum atomic E-state index is -0.589. The maximum atomic E-state index is 13.8. The number of carbonyl (C=O) groups excluding carboxylic acids is 2. The standard InChI is InChI=1S/C31H35ClN2O2S/c32-26-18-16-25(17-19-26)23-34(30(35)20-21-37-28-14-8-3-9-15-28)29(22-24-10-4-1-5-11-24)31(36)33-27-12-6-2-7-13-27/h1,3-5,8-11,14-19,27,29H,2,6-7,12-13,20-23H2,(H,33,36). The van der Waals surface area contributed by atoms with Gasteiger partial charge in [-0.15, -0.1) is 11.8 Å². The fourth-order valence-corrected chi connectivity index (χ4v) is 5.79. The van der Waals surface area contributed by atoms with E-state index < -0.39 is 6.04 Å². The van der Waals surface area contributed by atoms with E-state index in [1.165, 1.54) is 6.42 Å². The van der Waals surface area contributed by atoms with Gasteiger partial charge in [-0.05, 0) is 48.2 Å². The molecule has 3 aromatic carbocycles. The van der Waals surface area contributed by atoms with Crippen LogP contribution in [0.4, 0.5) is 0 Å². The summed E-state index contributed by atoms with van der Waals surface area (Å²) in [5.41, 5.74) is 2.00. The Bertz CT molecular complexity index is 1120. The van der Waals surface area contributed by atoms with Gasteiger partial charge < -0.3 is 10.2 Å². The van der Waals surface area contributed by atoms with Crippen molar-refractivity contribution >= 4 is 35.2 Å². The number of carbonyl (C=O) groups is 2. The third kappa shape index (κ3) is 8.65. The summed E-state index contributed by atoms with van der Waals surface area (Å²) in [6, 6.07) is 27.2. The lowest BCUT2D eigenvalue weighted by molar-refractivity contribution is -0.141. The second-order valence-corrected chi connectivity index (χ2v) is 11.2. The number of thioether (sulfide) groups is 1. The highest BCUT2D eigenvalue weighted by molar-refractivity contribution is 7.99. The third-order valence-electron chi connectivity index (χ3n) is 6.82. The summed E-state index contributed by atoms with van der Waals surface area (Å²) < 4.78 is 0. The molecule has 1 aliphatic rings. The Balaban J connectivity index is 1.56. The van der Waals surface area contributed by atoms with Gasteiger partial charge in [0.25, 0.3) is 0 Å². The first kappa shape index (κ1) is 27.3. The monoisotopic (exact) mass is 534 g/mol. The molecule has 0 heterocycles. The van der Waals surface area contributed by atoms with Crippen LogP contribution in [0.5, 0.6) is 0 Å². The zero-order valence-electron chi connectivity index (χ0n) is 21.2. The molecule has 1 aliphatic carbocycles. The van der Waals surface area contributed by atoms with Crippen molar-refractivity contribution in [1.82, 2.24) is 10.2 Å². The van der Waals surface area contributed by atoms with Crippen molar-refractivity contribution in [2.75, 3.05) is 5.75 Å². The summed E-state index contributed by atoms with van der Waals surface area (Å²) in [5, 5.41) is 3.94. The van der Waals surface area contributed by atoms with Gasteiger partial charge in [-0.25, -0.2) is 0 Å². The predicted molar refractivity (Wildman–Crippen MR) is 153 cm³/mol. The Morgan fingerprint density at radius 2 is 1.51 bits per heavy atom. The molecular weight excluding hydrogens is 500 g/mol. The molecule has 4 rings (SSSR count). The molecule has 0 aromatic heterocycles. The van der Waals surface area contributed by atoms with Gasteiger partial charge in [0.05, 0.1) is 0 Å². The topological polar surface area (TPSA) is 49.4 Å². The Labute approximate surface area is 229 Å². The van der Waals surface area contributed by atoms with E-state index in [0.29, 0.717) is 30.2 Å². The van der Waals surface area contributed by atoms with Crippen LogP contribution in [0.15, 0.2) is 89.8 Å². The minimum Gasteiger partial charge on any atom is -0.352 e. The van der Waals surface area contributed by atoms with Crippen LogP contribution in [-0.4, -0.2) is 34.6 Å². The molecule has 0 spiro atoms. The summed E-state index contributed by atoms with van der Waals surface area (Å²) in [7, 11) is 0. The quantitative estimate of drug-likeness (QED) is 0.272. The number of hydrogen-bond acceptors (Lipinski definition) is 3. The smallest absolute Gasteiger partial charge is 0.243 e. The average Bonchev–Trinajstić information content (AvgIpc) is 2.93. The fraction of sp³-hybridized carbons (Fsp3) is 0.355. The fourth-order valence-electron chi connectivity index (χ4n) is 4.80. The van der Waals surface area contributed by atoms with Crippen LogP contribution in [0.25, 0.3) is 0 Å². The number of amides is 2. The molecule has 0 aliphatic heterocycles. The molecule has 0 radical (unpaired) electrons. The van der Waals surface area contributed by atoms with Crippen molar-refractivity contribution in [2.45, 2.75) is 68.5 Å². The van der Waals surface area contributed by atoms with E-state index in [2.05, 4.69) is 17.4 Å². The number of rotatable bonds is 11. The van der Waals surface area contributed by atoms with Gasteiger partial charge >= 0.3 is 0 Å². The van der Waals surface area contributed by atoms with Crippen LogP contribution in [0.3, 0.4) is 0 Å². The molecule has 0 saturated heterocycles. The molecule has 0 bridgehead atoms. The number of halogens is 1. The third-order valence-corrected chi connectivity index (χ3v) is 8.08. The van der Waals surface area contributed by atoms with Crippen molar-refractivity contribution in [3.8, 4) is 0 Å². The Kier molecular flexibility index (Phi) is 10.5. The van der Waals surface area contributed by atoms with Crippen LogP contribution < -0.4 is 5.32 Å². The first-order chi connectivity index (χ1) is 18.1. The van der Waals surface area contributed by atoms with Crippen LogP contribution in [0.2, 0.25) is 5.02 Å². The van der Waals surface area contributed by atoms with Crippen molar-refractivity contribution in [3.63, 3.8) is 0 Å². The van der Waals surface area contributed by atoms with Crippen LogP contribution >= 0.6 is 23.4 Å². The van der Waals surface area contributed by atoms with Crippen molar-refractivity contribution < 1.29 is 9.59 Å². The van der Waals surface area contributed by atoms with E-state index in [-0.39, 0.29) is 17.9 Å². The number of nitrogens with one attached hydrogen (secondary N) is 1. The average molecular weight is 535 g/mol. The van der Waals surface area contributed by atoms with Gasteiger partial charge in [-0.3, -0.25) is 9.59 Å². The van der Waals surface area contributed by atoms with E-state index >= 15 is 0 Å². The van der Waals surface area contributed by atoms with Crippen molar-refractivity contribution in [2.24, 2.45) is 0 Å². The lowest BCUT2D eigenvalue weighted by Crippen LogP contribution is -2.52. The highest BCUT2D eigenvalue weighted by Crippen LogP contribution is 2.22. The van der Waals surface area contributed by atoms with Crippen LogP contribution in [0, 0.1) is 0 Å². The van der Waals surface area contributed by atoms with Gasteiger partial charge in [0.1, 0.15) is 6.04 Å². The van der Waals surface area contributed by atoms with E-state index in [9.17, 15) is 9.59 Å². The minimum absolute atomic E-state index is 0.0156. The second kappa shape index (κ2) is 14.3. The summed E-state index contributed by atoms with van der Waals surface area (Å²) in [4.78, 5) is 30.4. The Morgan fingerprint density at radius 1 is 0.865 bits per heavy atom. The Morgan fingerprint density at radius 3 is 2.19 bits per heavy atom. The zero-order chi connectivity index (χ0) is 25.9. The normalized spacial score (nSPS) is 14.6. The summed E-state index contributed by atoms with van der Waals surface area (Å²) >= 11 is 7.78. The second-order valence-electron chi connectivity index (χ2n) is 9.61. The number of benzene rings is 3. The van der Waals surface area contributed by atoms with Crippen LogP contribution in [0.1, 0.15) is 49.7 Å². The molecule has 1 fully saturated rings. The molecule has 194 valence electrons. The lowest BCUT2D eigenvalue weighted by Gasteiger charge is -2.33. The zero-order valence-corrected chi connectivity index (χ0v) is 22.7. The SMILES string of the molecule is O=C(NC1CCCCC1)C(Cc1ccccc1)N(Cc1ccc(Cl)cc1)C(=O)CCSc1ccccc1. The Hall–Kier alpha value is -2.76. The number of hydrogen-bond donors (Lipinski definition) is 1. The maximum absolute atomic E-state index is 13.8. The predicted octanol–water partition coefficient (Wildman–Crippen LogP) is 6.91. The van der Waals surface area contributed by atoms with Gasteiger partial charge in [0, 0.05) is 41.1 Å². The van der Waals surface area contributed by atoms with Gasteiger partial charge in [0.2, 0.25) is 11.8 Å². The first-order valence-electron chi connectivity index (χ1n) is 13.1. The van der Waals surface area contributed by atoms with Gasteiger partial charge in [-0.1, -0.05) is 91.5 Å². The summed E-state index contributed by atoms with van der Waals surface area (Å²) in [6.45, 7) is 0.363.